The molecule has 2 aliphatic heterocycles. The summed E-state index contributed by atoms with van der Waals surface area (Å²) in [7, 11) is 0. The first-order valence-electron chi connectivity index (χ1n) is 10.5. The highest BCUT2D eigenvalue weighted by Gasteiger charge is 2.47. The van der Waals surface area contributed by atoms with Gasteiger partial charge in [0, 0.05) is 31.2 Å². The molecule has 2 fully saturated rings. The second-order valence-electron chi connectivity index (χ2n) is 8.56. The van der Waals surface area contributed by atoms with Crippen molar-refractivity contribution in [3.8, 4) is 0 Å². The summed E-state index contributed by atoms with van der Waals surface area (Å²) in [6, 6.07) is 10.2. The summed E-state index contributed by atoms with van der Waals surface area (Å²) < 4.78 is 0. The zero-order valence-electron chi connectivity index (χ0n) is 16.3. The van der Waals surface area contributed by atoms with E-state index in [2.05, 4.69) is 29.4 Å². The SMILES string of the molecule is Cc1ccccc1[C@@H]1[C@H]2CNC[C@H]2CN1C(=O)c1cc2c([nH]c1=O)CCCC2. The van der Waals surface area contributed by atoms with Crippen LogP contribution in [0.15, 0.2) is 35.1 Å². The molecule has 3 atom stereocenters. The maximum absolute atomic E-state index is 13.6. The Morgan fingerprint density at radius 1 is 1.14 bits per heavy atom. The average molecular weight is 377 g/mol. The van der Waals surface area contributed by atoms with E-state index in [0.717, 1.165) is 50.0 Å². The van der Waals surface area contributed by atoms with Crippen LogP contribution in [-0.4, -0.2) is 35.4 Å². The van der Waals surface area contributed by atoms with Crippen molar-refractivity contribution in [1.29, 1.82) is 0 Å². The van der Waals surface area contributed by atoms with Crippen molar-refractivity contribution in [3.63, 3.8) is 0 Å². The van der Waals surface area contributed by atoms with E-state index in [1.54, 1.807) is 0 Å². The fourth-order valence-electron chi connectivity index (χ4n) is 5.44. The number of benzene rings is 1. The highest BCUT2D eigenvalue weighted by Crippen LogP contribution is 2.44. The van der Waals surface area contributed by atoms with Gasteiger partial charge in [-0.15, -0.1) is 0 Å². The summed E-state index contributed by atoms with van der Waals surface area (Å²) in [6.07, 6.45) is 4.08. The van der Waals surface area contributed by atoms with E-state index in [9.17, 15) is 9.59 Å². The molecule has 1 aromatic heterocycles. The van der Waals surface area contributed by atoms with Gasteiger partial charge in [0.25, 0.3) is 11.5 Å². The second kappa shape index (κ2) is 6.89. The molecule has 0 unspecified atom stereocenters. The molecule has 2 aromatic rings. The number of hydrogen-bond acceptors (Lipinski definition) is 3. The van der Waals surface area contributed by atoms with Gasteiger partial charge in [-0.25, -0.2) is 0 Å². The molecule has 2 N–H and O–H groups in total. The molecular formula is C23H27N3O2. The Labute approximate surface area is 165 Å². The number of H-pyrrole nitrogens is 1. The second-order valence-corrected chi connectivity index (χ2v) is 8.56. The van der Waals surface area contributed by atoms with Gasteiger partial charge in [0.15, 0.2) is 0 Å². The minimum Gasteiger partial charge on any atom is -0.331 e. The molecule has 5 nitrogen and oxygen atoms in total. The van der Waals surface area contributed by atoms with Crippen molar-refractivity contribution in [3.05, 3.63) is 68.6 Å². The van der Waals surface area contributed by atoms with Crippen molar-refractivity contribution < 1.29 is 4.79 Å². The van der Waals surface area contributed by atoms with Crippen LogP contribution in [0.5, 0.6) is 0 Å². The van der Waals surface area contributed by atoms with Gasteiger partial charge in [0.05, 0.1) is 6.04 Å². The summed E-state index contributed by atoms with van der Waals surface area (Å²) >= 11 is 0. The van der Waals surface area contributed by atoms with Gasteiger partial charge >= 0.3 is 0 Å². The number of hydrogen-bond donors (Lipinski definition) is 2. The van der Waals surface area contributed by atoms with Gasteiger partial charge < -0.3 is 15.2 Å². The number of amides is 1. The number of rotatable bonds is 2. The Bertz CT molecular complexity index is 980. The Morgan fingerprint density at radius 2 is 1.96 bits per heavy atom. The number of likely N-dealkylation sites (tertiary alicyclic amines) is 1. The van der Waals surface area contributed by atoms with Crippen molar-refractivity contribution in [1.82, 2.24) is 15.2 Å². The minimum atomic E-state index is -0.232. The molecular weight excluding hydrogens is 350 g/mol. The van der Waals surface area contributed by atoms with Crippen LogP contribution >= 0.6 is 0 Å². The van der Waals surface area contributed by atoms with Crippen molar-refractivity contribution >= 4 is 5.91 Å². The van der Waals surface area contributed by atoms with Gasteiger partial charge in [-0.2, -0.15) is 0 Å². The molecule has 5 rings (SSSR count). The quantitative estimate of drug-likeness (QED) is 0.846. The van der Waals surface area contributed by atoms with E-state index in [1.807, 2.05) is 23.1 Å². The summed E-state index contributed by atoms with van der Waals surface area (Å²) in [5, 5.41) is 3.49. The molecule has 1 aliphatic carbocycles. The predicted octanol–water partition coefficient (Wildman–Crippen LogP) is 2.59. The van der Waals surface area contributed by atoms with Crippen LogP contribution < -0.4 is 10.9 Å². The lowest BCUT2D eigenvalue weighted by molar-refractivity contribution is 0.0711. The van der Waals surface area contributed by atoms with Gasteiger partial charge in [-0.1, -0.05) is 24.3 Å². The number of aromatic nitrogens is 1. The lowest BCUT2D eigenvalue weighted by Gasteiger charge is -2.30. The molecule has 3 heterocycles. The number of pyridine rings is 1. The van der Waals surface area contributed by atoms with Crippen LogP contribution in [0.1, 0.15) is 51.6 Å². The Balaban J connectivity index is 1.55. The molecule has 146 valence electrons. The predicted molar refractivity (Wildman–Crippen MR) is 109 cm³/mol. The molecule has 2 saturated heterocycles. The molecule has 0 bridgehead atoms. The lowest BCUT2D eigenvalue weighted by Crippen LogP contribution is -2.38. The number of nitrogens with one attached hydrogen (secondary N) is 2. The highest BCUT2D eigenvalue weighted by molar-refractivity contribution is 5.94. The number of aromatic amines is 1. The van der Waals surface area contributed by atoms with E-state index in [0.29, 0.717) is 23.9 Å². The van der Waals surface area contributed by atoms with Gasteiger partial charge in [-0.05, 0) is 61.3 Å². The molecule has 1 aromatic carbocycles. The average Bonchev–Trinajstić information content (AvgIpc) is 3.29. The number of fused-ring (bicyclic) bond motifs is 2. The Kier molecular flexibility index (Phi) is 4.35. The van der Waals surface area contributed by atoms with E-state index in [4.69, 9.17) is 0 Å². The van der Waals surface area contributed by atoms with E-state index < -0.39 is 0 Å². The van der Waals surface area contributed by atoms with Gasteiger partial charge in [-0.3, -0.25) is 9.59 Å². The van der Waals surface area contributed by atoms with Crippen molar-refractivity contribution in [2.24, 2.45) is 11.8 Å². The van der Waals surface area contributed by atoms with Gasteiger partial charge in [0.1, 0.15) is 5.56 Å². The van der Waals surface area contributed by atoms with Crippen LogP contribution in [0, 0.1) is 18.8 Å². The molecule has 0 spiro atoms. The fourth-order valence-corrected chi connectivity index (χ4v) is 5.44. The fraction of sp³-hybridized carbons (Fsp3) is 0.478. The van der Waals surface area contributed by atoms with Crippen molar-refractivity contribution in [2.75, 3.05) is 19.6 Å². The summed E-state index contributed by atoms with van der Waals surface area (Å²) in [6.45, 7) is 4.69. The number of carbonyl (C=O) groups is 1. The third-order valence-electron chi connectivity index (χ3n) is 6.90. The molecule has 0 saturated carbocycles. The van der Waals surface area contributed by atoms with Crippen LogP contribution in [0.3, 0.4) is 0 Å². The highest BCUT2D eigenvalue weighted by atomic mass is 16.2. The zero-order chi connectivity index (χ0) is 19.3. The topological polar surface area (TPSA) is 65.2 Å². The number of aryl methyl sites for hydroxylation is 3. The number of nitrogens with zero attached hydrogens (tertiary/aromatic N) is 1. The zero-order valence-corrected chi connectivity index (χ0v) is 16.3. The van der Waals surface area contributed by atoms with Crippen LogP contribution in [0.2, 0.25) is 0 Å². The maximum Gasteiger partial charge on any atom is 0.261 e. The van der Waals surface area contributed by atoms with Crippen LogP contribution in [-0.2, 0) is 12.8 Å². The number of carbonyl (C=O) groups excluding carboxylic acids is 1. The lowest BCUT2D eigenvalue weighted by atomic mass is 9.87. The first-order valence-corrected chi connectivity index (χ1v) is 10.5. The summed E-state index contributed by atoms with van der Waals surface area (Å²) in [5.41, 5.74) is 4.66. The third kappa shape index (κ3) is 2.80. The first-order chi connectivity index (χ1) is 13.6. The smallest absolute Gasteiger partial charge is 0.261 e. The third-order valence-corrected chi connectivity index (χ3v) is 6.90. The molecule has 5 heteroatoms. The van der Waals surface area contributed by atoms with Crippen LogP contribution in [0.4, 0.5) is 0 Å². The van der Waals surface area contributed by atoms with Crippen molar-refractivity contribution in [2.45, 2.75) is 38.6 Å². The molecule has 1 amide bonds. The van der Waals surface area contributed by atoms with E-state index >= 15 is 0 Å². The summed E-state index contributed by atoms with van der Waals surface area (Å²) in [5.74, 6) is 0.740. The van der Waals surface area contributed by atoms with Crippen LogP contribution in [0.25, 0.3) is 0 Å². The monoisotopic (exact) mass is 377 g/mol. The van der Waals surface area contributed by atoms with E-state index in [-0.39, 0.29) is 17.5 Å². The standard InChI is InChI=1S/C23H27N3O2/c1-14-6-2-4-8-17(14)21-19-12-24-11-16(19)13-26(21)23(28)18-10-15-7-3-5-9-20(15)25-22(18)27/h2,4,6,8,10,16,19,21,24H,3,5,7,9,11-13H2,1H3,(H,25,27)/t16-,19-,21+/m0/s1. The largest absolute Gasteiger partial charge is 0.331 e. The summed E-state index contributed by atoms with van der Waals surface area (Å²) in [4.78, 5) is 31.3. The first kappa shape index (κ1) is 17.7. The normalized spacial score (nSPS) is 26.2. The molecule has 0 radical (unpaired) electrons. The van der Waals surface area contributed by atoms with Gasteiger partial charge in [0.2, 0.25) is 0 Å². The van der Waals surface area contributed by atoms with E-state index in [1.165, 1.54) is 11.1 Å². The molecule has 28 heavy (non-hydrogen) atoms. The Hall–Kier alpha value is -2.40. The molecule has 3 aliphatic rings. The Morgan fingerprint density at radius 3 is 2.82 bits per heavy atom. The minimum absolute atomic E-state index is 0.0316. The maximum atomic E-state index is 13.6.